The molecule has 2 amide bonds. The summed E-state index contributed by atoms with van der Waals surface area (Å²) in [5.74, 6) is -1.41. The topological polar surface area (TPSA) is 69.6 Å². The van der Waals surface area contributed by atoms with E-state index in [0.717, 1.165) is 18.2 Å². The predicted octanol–water partition coefficient (Wildman–Crippen LogP) is 2.88. The summed E-state index contributed by atoms with van der Waals surface area (Å²) < 4.78 is 13.6. The summed E-state index contributed by atoms with van der Waals surface area (Å²) in [4.78, 5) is 24.9. The number of nitrogens with zero attached hydrogens (tertiary/aromatic N) is 1. The molecule has 1 aliphatic rings. The molecule has 1 aliphatic heterocycles. The van der Waals surface area contributed by atoms with Crippen molar-refractivity contribution in [2.45, 2.75) is 18.6 Å². The van der Waals surface area contributed by atoms with Gasteiger partial charge in [-0.15, -0.1) is 0 Å². The van der Waals surface area contributed by atoms with E-state index in [2.05, 4.69) is 12.2 Å². The Kier molecular flexibility index (Phi) is 5.06. The number of thioether (sulfide) groups is 1. The van der Waals surface area contributed by atoms with Crippen LogP contribution in [0.1, 0.15) is 23.7 Å². The molecule has 0 aliphatic carbocycles. The highest BCUT2D eigenvalue weighted by Gasteiger charge is 2.24. The number of aromatic carboxylic acids is 1. The number of carboxylic acids is 1. The summed E-state index contributed by atoms with van der Waals surface area (Å²) in [6.45, 7) is 3.28. The normalized spacial score (nSPS) is 18.4. The fourth-order valence-electron chi connectivity index (χ4n) is 2.19. The number of carbonyl (C=O) groups is 2. The molecule has 1 aromatic carbocycles. The molecule has 1 atom stereocenters. The van der Waals surface area contributed by atoms with Gasteiger partial charge in [0.25, 0.3) is 0 Å². The number of hydrogen-bond donors (Lipinski definition) is 2. The molecule has 5 nitrogen and oxygen atoms in total. The van der Waals surface area contributed by atoms with Gasteiger partial charge in [-0.25, -0.2) is 14.0 Å². The molecule has 1 aromatic rings. The number of amides is 2. The lowest BCUT2D eigenvalue weighted by Gasteiger charge is -2.32. The first-order valence-corrected chi connectivity index (χ1v) is 7.77. The zero-order chi connectivity index (χ0) is 15.4. The summed E-state index contributed by atoms with van der Waals surface area (Å²) in [5.41, 5.74) is -0.525. The Hall–Kier alpha value is -1.76. The van der Waals surface area contributed by atoms with Crippen molar-refractivity contribution in [3.8, 4) is 0 Å². The van der Waals surface area contributed by atoms with Crippen LogP contribution in [0, 0.1) is 5.82 Å². The van der Waals surface area contributed by atoms with E-state index in [1.807, 2.05) is 11.8 Å². The van der Waals surface area contributed by atoms with Gasteiger partial charge in [0.05, 0.1) is 5.69 Å². The van der Waals surface area contributed by atoms with E-state index in [1.165, 1.54) is 12.1 Å². The lowest BCUT2D eigenvalue weighted by Crippen LogP contribution is -2.44. The number of hydrogen-bond acceptors (Lipinski definition) is 3. The van der Waals surface area contributed by atoms with Gasteiger partial charge >= 0.3 is 12.0 Å². The SMILES string of the molecule is CCC1CN(C(=O)Nc2cccc(F)c2C(=O)O)CCS1. The van der Waals surface area contributed by atoms with Gasteiger partial charge < -0.3 is 15.3 Å². The summed E-state index contributed by atoms with van der Waals surface area (Å²) in [6.07, 6.45) is 0.967. The van der Waals surface area contributed by atoms with E-state index in [1.54, 1.807) is 4.90 Å². The number of benzene rings is 1. The lowest BCUT2D eigenvalue weighted by atomic mass is 10.1. The molecule has 7 heteroatoms. The second-order valence-electron chi connectivity index (χ2n) is 4.74. The highest BCUT2D eigenvalue weighted by atomic mass is 32.2. The average Bonchev–Trinajstić information content (AvgIpc) is 2.47. The molecule has 0 spiro atoms. The third-order valence-corrected chi connectivity index (χ3v) is 4.72. The Bertz CT molecular complexity index is 553. The van der Waals surface area contributed by atoms with E-state index >= 15 is 0 Å². The minimum Gasteiger partial charge on any atom is -0.478 e. The first-order chi connectivity index (χ1) is 10.0. The van der Waals surface area contributed by atoms with Crippen LogP contribution in [0.3, 0.4) is 0 Å². The summed E-state index contributed by atoms with van der Waals surface area (Å²) in [5, 5.41) is 11.9. The Morgan fingerprint density at radius 3 is 2.95 bits per heavy atom. The van der Waals surface area contributed by atoms with Crippen molar-refractivity contribution < 1.29 is 19.1 Å². The number of urea groups is 1. The molecule has 1 unspecified atom stereocenters. The third kappa shape index (κ3) is 3.66. The smallest absolute Gasteiger partial charge is 0.340 e. The maximum atomic E-state index is 13.6. The van der Waals surface area contributed by atoms with Crippen LogP contribution in [0.25, 0.3) is 0 Å². The van der Waals surface area contributed by atoms with Crippen LogP contribution in [0.4, 0.5) is 14.9 Å². The fraction of sp³-hybridized carbons (Fsp3) is 0.429. The summed E-state index contributed by atoms with van der Waals surface area (Å²) in [6, 6.07) is 3.43. The van der Waals surface area contributed by atoms with Gasteiger partial charge in [-0.2, -0.15) is 11.8 Å². The van der Waals surface area contributed by atoms with Crippen LogP contribution in [-0.2, 0) is 0 Å². The number of carbonyl (C=O) groups excluding carboxylic acids is 1. The quantitative estimate of drug-likeness (QED) is 0.900. The molecule has 21 heavy (non-hydrogen) atoms. The van der Waals surface area contributed by atoms with E-state index in [4.69, 9.17) is 5.11 Å². The number of halogens is 1. The number of nitrogens with one attached hydrogen (secondary N) is 1. The molecule has 114 valence electrons. The first kappa shape index (κ1) is 15.6. The molecular formula is C14H17FN2O3S. The van der Waals surface area contributed by atoms with E-state index in [9.17, 15) is 14.0 Å². The number of anilines is 1. The largest absolute Gasteiger partial charge is 0.478 e. The Balaban J connectivity index is 2.13. The van der Waals surface area contributed by atoms with Crippen molar-refractivity contribution >= 4 is 29.4 Å². The predicted molar refractivity (Wildman–Crippen MR) is 80.5 cm³/mol. The molecule has 1 fully saturated rings. The molecule has 0 bridgehead atoms. The van der Waals surface area contributed by atoms with Gasteiger partial charge in [0.2, 0.25) is 0 Å². The monoisotopic (exact) mass is 312 g/mol. The zero-order valence-corrected chi connectivity index (χ0v) is 12.5. The second-order valence-corrected chi connectivity index (χ2v) is 6.15. The summed E-state index contributed by atoms with van der Waals surface area (Å²) >= 11 is 1.83. The van der Waals surface area contributed by atoms with Gasteiger partial charge in [-0.1, -0.05) is 13.0 Å². The van der Waals surface area contributed by atoms with Gasteiger partial charge in [0.1, 0.15) is 11.4 Å². The van der Waals surface area contributed by atoms with Gasteiger partial charge in [0, 0.05) is 24.1 Å². The lowest BCUT2D eigenvalue weighted by molar-refractivity contribution is 0.0693. The van der Waals surface area contributed by atoms with E-state index in [0.29, 0.717) is 18.3 Å². The minimum atomic E-state index is -1.40. The van der Waals surface area contributed by atoms with Gasteiger partial charge in [0.15, 0.2) is 0 Å². The summed E-state index contributed by atoms with van der Waals surface area (Å²) in [7, 11) is 0. The van der Waals surface area contributed by atoms with Crippen LogP contribution in [-0.4, -0.2) is 46.1 Å². The fourth-order valence-corrected chi connectivity index (χ4v) is 3.37. The standard InChI is InChI=1S/C14H17FN2O3S/c1-2-9-8-17(6-7-21-9)14(20)16-11-5-3-4-10(15)12(11)13(18)19/h3-5,9H,2,6-8H2,1H3,(H,16,20)(H,18,19). The van der Waals surface area contributed by atoms with Crippen molar-refractivity contribution in [3.63, 3.8) is 0 Å². The van der Waals surface area contributed by atoms with Crippen LogP contribution >= 0.6 is 11.8 Å². The van der Waals surface area contributed by atoms with Crippen molar-refractivity contribution in [1.29, 1.82) is 0 Å². The molecule has 2 N–H and O–H groups in total. The second kappa shape index (κ2) is 6.80. The molecule has 2 rings (SSSR count). The van der Waals surface area contributed by atoms with Crippen LogP contribution in [0.5, 0.6) is 0 Å². The molecular weight excluding hydrogens is 295 g/mol. The van der Waals surface area contributed by atoms with Crippen LogP contribution in [0.15, 0.2) is 18.2 Å². The zero-order valence-electron chi connectivity index (χ0n) is 11.6. The Morgan fingerprint density at radius 1 is 1.52 bits per heavy atom. The van der Waals surface area contributed by atoms with Gasteiger partial charge in [-0.3, -0.25) is 0 Å². The highest BCUT2D eigenvalue weighted by molar-refractivity contribution is 8.00. The number of carboxylic acid groups (broad SMARTS) is 1. The number of rotatable bonds is 3. The molecule has 0 saturated carbocycles. The van der Waals surface area contributed by atoms with Crippen molar-refractivity contribution in [2.24, 2.45) is 0 Å². The van der Waals surface area contributed by atoms with E-state index in [-0.39, 0.29) is 11.7 Å². The maximum Gasteiger partial charge on any atom is 0.340 e. The minimum absolute atomic E-state index is 0.0150. The van der Waals surface area contributed by atoms with Crippen molar-refractivity contribution in [2.75, 3.05) is 24.2 Å². The molecule has 1 heterocycles. The Labute approximate surface area is 126 Å². The first-order valence-electron chi connectivity index (χ1n) is 6.72. The van der Waals surface area contributed by atoms with Crippen molar-refractivity contribution in [3.05, 3.63) is 29.6 Å². The van der Waals surface area contributed by atoms with Crippen LogP contribution < -0.4 is 5.32 Å². The van der Waals surface area contributed by atoms with E-state index < -0.39 is 17.3 Å². The van der Waals surface area contributed by atoms with Crippen LogP contribution in [0.2, 0.25) is 0 Å². The Morgan fingerprint density at radius 2 is 2.29 bits per heavy atom. The van der Waals surface area contributed by atoms with Gasteiger partial charge in [-0.05, 0) is 18.6 Å². The van der Waals surface area contributed by atoms with Crippen molar-refractivity contribution in [1.82, 2.24) is 4.90 Å². The average molecular weight is 312 g/mol. The molecule has 1 saturated heterocycles. The highest BCUT2D eigenvalue weighted by Crippen LogP contribution is 2.23. The third-order valence-electron chi connectivity index (χ3n) is 3.35. The maximum absolute atomic E-state index is 13.6. The molecule has 0 radical (unpaired) electrons. The molecule has 0 aromatic heterocycles.